The Hall–Kier alpha value is -2.99. The Morgan fingerprint density at radius 2 is 1.76 bits per heavy atom. The molecule has 0 unspecified atom stereocenters. The van der Waals surface area contributed by atoms with E-state index in [2.05, 4.69) is 10.00 Å². The van der Waals surface area contributed by atoms with Crippen LogP contribution in [0.25, 0.3) is 0 Å². The Bertz CT molecular complexity index is 1080. The molecule has 6 nitrogen and oxygen atoms in total. The zero-order valence-corrected chi connectivity index (χ0v) is 17.1. The van der Waals surface area contributed by atoms with Crippen LogP contribution in [-0.2, 0) is 19.5 Å². The zero-order chi connectivity index (χ0) is 20.4. The van der Waals surface area contributed by atoms with E-state index < -0.39 is 0 Å². The molecule has 29 heavy (non-hydrogen) atoms. The van der Waals surface area contributed by atoms with E-state index >= 15 is 0 Å². The highest BCUT2D eigenvalue weighted by atomic mass is 35.5. The first-order valence-electron chi connectivity index (χ1n) is 9.39. The summed E-state index contributed by atoms with van der Waals surface area (Å²) < 4.78 is 12.2. The molecule has 0 saturated heterocycles. The molecule has 1 aliphatic rings. The summed E-state index contributed by atoms with van der Waals surface area (Å²) in [6.07, 6.45) is 2.50. The molecule has 0 N–H and O–H groups in total. The number of halogens is 1. The predicted molar refractivity (Wildman–Crippen MR) is 113 cm³/mol. The van der Waals surface area contributed by atoms with E-state index in [4.69, 9.17) is 21.1 Å². The average Bonchev–Trinajstić information content (AvgIpc) is 2.76. The number of ether oxygens (including phenoxy) is 2. The molecule has 1 aromatic heterocycles. The van der Waals surface area contributed by atoms with Gasteiger partial charge in [-0.25, -0.2) is 4.68 Å². The van der Waals surface area contributed by atoms with Crippen molar-refractivity contribution >= 4 is 17.3 Å². The number of aromatic nitrogens is 2. The molecule has 0 atom stereocenters. The first-order chi connectivity index (χ1) is 14.1. The smallest absolute Gasteiger partial charge is 0.287 e. The van der Waals surface area contributed by atoms with Crippen LogP contribution in [-0.4, -0.2) is 30.5 Å². The van der Waals surface area contributed by atoms with Crippen LogP contribution in [0.15, 0.2) is 53.5 Å². The summed E-state index contributed by atoms with van der Waals surface area (Å²) in [5.74, 6) is 1.42. The molecule has 0 saturated carbocycles. The van der Waals surface area contributed by atoms with Crippen molar-refractivity contribution in [2.75, 3.05) is 25.7 Å². The Kier molecular flexibility index (Phi) is 5.45. The first-order valence-corrected chi connectivity index (χ1v) is 9.76. The number of hydrogen-bond donors (Lipinski definition) is 0. The van der Waals surface area contributed by atoms with E-state index in [1.807, 2.05) is 42.5 Å². The van der Waals surface area contributed by atoms with E-state index in [-0.39, 0.29) is 10.6 Å². The molecule has 3 aromatic rings. The van der Waals surface area contributed by atoms with Gasteiger partial charge in [0.25, 0.3) is 5.56 Å². The first kappa shape index (κ1) is 19.3. The summed E-state index contributed by atoms with van der Waals surface area (Å²) >= 11 is 6.47. The van der Waals surface area contributed by atoms with E-state index in [9.17, 15) is 4.79 Å². The van der Waals surface area contributed by atoms with Crippen molar-refractivity contribution in [3.8, 4) is 11.5 Å². The number of rotatable bonds is 5. The number of benzene rings is 2. The van der Waals surface area contributed by atoms with Gasteiger partial charge in [0.1, 0.15) is 5.02 Å². The molecular weight excluding hydrogens is 390 g/mol. The molecule has 0 radical (unpaired) electrons. The summed E-state index contributed by atoms with van der Waals surface area (Å²) in [5, 5.41) is 4.55. The number of methoxy groups -OCH3 is 2. The van der Waals surface area contributed by atoms with Crippen LogP contribution in [0.2, 0.25) is 5.02 Å². The lowest BCUT2D eigenvalue weighted by Crippen LogP contribution is -2.33. The highest BCUT2D eigenvalue weighted by Crippen LogP contribution is 2.35. The zero-order valence-electron chi connectivity index (χ0n) is 16.4. The van der Waals surface area contributed by atoms with Crippen molar-refractivity contribution in [3.05, 3.63) is 80.7 Å². The largest absolute Gasteiger partial charge is 0.493 e. The van der Waals surface area contributed by atoms with Gasteiger partial charge in [0.05, 0.1) is 32.6 Å². The third-order valence-electron chi connectivity index (χ3n) is 5.20. The normalized spacial score (nSPS) is 13.1. The molecule has 0 spiro atoms. The minimum atomic E-state index is -0.286. The van der Waals surface area contributed by atoms with E-state index in [1.165, 1.54) is 10.2 Å². The number of anilines is 1. The number of hydrogen-bond acceptors (Lipinski definition) is 5. The summed E-state index contributed by atoms with van der Waals surface area (Å²) in [6, 6.07) is 13.7. The maximum absolute atomic E-state index is 12.8. The average molecular weight is 412 g/mol. The van der Waals surface area contributed by atoms with Crippen LogP contribution in [0.1, 0.15) is 16.7 Å². The summed E-state index contributed by atoms with van der Waals surface area (Å²) in [6.45, 7) is 1.75. The van der Waals surface area contributed by atoms with Crippen molar-refractivity contribution in [3.63, 3.8) is 0 Å². The van der Waals surface area contributed by atoms with Crippen molar-refractivity contribution in [1.29, 1.82) is 0 Å². The molecule has 0 fully saturated rings. The van der Waals surface area contributed by atoms with Crippen molar-refractivity contribution in [1.82, 2.24) is 9.78 Å². The van der Waals surface area contributed by atoms with Gasteiger partial charge in [0.2, 0.25) is 0 Å². The third-order valence-corrected chi connectivity index (χ3v) is 5.56. The molecule has 1 aliphatic heterocycles. The summed E-state index contributed by atoms with van der Waals surface area (Å²) in [7, 11) is 3.26. The second kappa shape index (κ2) is 8.17. The predicted octanol–water partition coefficient (Wildman–Crippen LogP) is 3.52. The maximum atomic E-state index is 12.8. The fraction of sp³-hybridized carbons (Fsp3) is 0.273. The van der Waals surface area contributed by atoms with Crippen molar-refractivity contribution < 1.29 is 9.47 Å². The van der Waals surface area contributed by atoms with Crippen LogP contribution >= 0.6 is 11.6 Å². The Morgan fingerprint density at radius 1 is 1.07 bits per heavy atom. The van der Waals surface area contributed by atoms with Crippen molar-refractivity contribution in [2.24, 2.45) is 0 Å². The molecule has 150 valence electrons. The van der Waals surface area contributed by atoms with Crippen LogP contribution in [0, 0.1) is 0 Å². The van der Waals surface area contributed by atoms with Gasteiger partial charge < -0.3 is 14.4 Å². The van der Waals surface area contributed by atoms with Gasteiger partial charge in [-0.2, -0.15) is 5.10 Å². The van der Waals surface area contributed by atoms with E-state index in [1.54, 1.807) is 20.4 Å². The lowest BCUT2D eigenvalue weighted by molar-refractivity contribution is 0.353. The molecule has 7 heteroatoms. The van der Waals surface area contributed by atoms with Crippen LogP contribution < -0.4 is 19.9 Å². The van der Waals surface area contributed by atoms with Crippen LogP contribution in [0.3, 0.4) is 0 Å². The lowest BCUT2D eigenvalue weighted by atomic mass is 9.98. The molecule has 0 amide bonds. The Labute approximate surface area is 174 Å². The van der Waals surface area contributed by atoms with Gasteiger partial charge in [0, 0.05) is 13.1 Å². The summed E-state index contributed by atoms with van der Waals surface area (Å²) in [4.78, 5) is 14.9. The van der Waals surface area contributed by atoms with E-state index in [0.717, 1.165) is 29.8 Å². The molecule has 0 bridgehead atoms. The van der Waals surface area contributed by atoms with Gasteiger partial charge in [-0.3, -0.25) is 4.79 Å². The minimum absolute atomic E-state index is 0.194. The number of fused-ring (bicyclic) bond motifs is 1. The molecule has 2 aromatic carbocycles. The fourth-order valence-corrected chi connectivity index (χ4v) is 3.90. The summed E-state index contributed by atoms with van der Waals surface area (Å²) in [5.41, 5.74) is 3.70. The highest BCUT2D eigenvalue weighted by molar-refractivity contribution is 6.33. The quantitative estimate of drug-likeness (QED) is 0.643. The highest BCUT2D eigenvalue weighted by Gasteiger charge is 2.23. The fourth-order valence-electron chi connectivity index (χ4n) is 3.63. The number of nitrogens with zero attached hydrogens (tertiary/aromatic N) is 3. The molecule has 4 rings (SSSR count). The minimum Gasteiger partial charge on any atom is -0.493 e. The standard InChI is InChI=1S/C22H22ClN3O3/c1-28-19-10-16-8-9-25(14-17(16)11-20(19)29-2)18-12-24-26(22(27)21(18)23)13-15-6-4-3-5-7-15/h3-7,10-12H,8-9,13-14H2,1-2H3. The molecular formula is C22H22ClN3O3. The third kappa shape index (κ3) is 3.80. The lowest BCUT2D eigenvalue weighted by Gasteiger charge is -2.31. The SMILES string of the molecule is COc1cc2c(cc1OC)CN(c1cnn(Cc3ccccc3)c(=O)c1Cl)CC2. The second-order valence-electron chi connectivity index (χ2n) is 6.94. The van der Waals surface area contributed by atoms with Gasteiger partial charge >= 0.3 is 0 Å². The Morgan fingerprint density at radius 3 is 2.45 bits per heavy atom. The monoisotopic (exact) mass is 411 g/mol. The maximum Gasteiger partial charge on any atom is 0.287 e. The van der Waals surface area contributed by atoms with E-state index in [0.29, 0.717) is 24.5 Å². The second-order valence-corrected chi connectivity index (χ2v) is 7.32. The van der Waals surface area contributed by atoms with Gasteiger partial charge in [-0.15, -0.1) is 0 Å². The van der Waals surface area contributed by atoms with Gasteiger partial charge in [-0.1, -0.05) is 41.9 Å². The van der Waals surface area contributed by atoms with Gasteiger partial charge in [0.15, 0.2) is 11.5 Å². The molecule has 0 aliphatic carbocycles. The van der Waals surface area contributed by atoms with Gasteiger partial charge in [-0.05, 0) is 35.2 Å². The molecule has 2 heterocycles. The Balaban J connectivity index is 1.61. The van der Waals surface area contributed by atoms with Crippen LogP contribution in [0.5, 0.6) is 11.5 Å². The van der Waals surface area contributed by atoms with Crippen molar-refractivity contribution in [2.45, 2.75) is 19.5 Å². The topological polar surface area (TPSA) is 56.6 Å². The van der Waals surface area contributed by atoms with Crippen LogP contribution in [0.4, 0.5) is 5.69 Å².